The van der Waals surface area contributed by atoms with Crippen LogP contribution >= 0.6 is 0 Å². The van der Waals surface area contributed by atoms with Crippen molar-refractivity contribution in [3.63, 3.8) is 0 Å². The lowest BCUT2D eigenvalue weighted by Gasteiger charge is -2.17. The molecule has 0 radical (unpaired) electrons. The lowest BCUT2D eigenvalue weighted by atomic mass is 10.1. The second-order valence-corrected chi connectivity index (χ2v) is 4.62. The van der Waals surface area contributed by atoms with Crippen LogP contribution in [0.15, 0.2) is 18.2 Å². The summed E-state index contributed by atoms with van der Waals surface area (Å²) < 4.78 is 18.9. The maximum absolute atomic E-state index is 13.7. The first-order chi connectivity index (χ1) is 9.19. The third-order valence-electron chi connectivity index (χ3n) is 3.09. The molecule has 104 valence electrons. The smallest absolute Gasteiger partial charge is 0.222 e. The van der Waals surface area contributed by atoms with Crippen LogP contribution in [0.3, 0.4) is 0 Å². The molecule has 0 spiro atoms. The Morgan fingerprint density at radius 1 is 1.53 bits per heavy atom. The predicted molar refractivity (Wildman–Crippen MR) is 71.8 cm³/mol. The van der Waals surface area contributed by atoms with E-state index in [1.54, 1.807) is 12.1 Å². The average molecular weight is 266 g/mol. The molecule has 2 N–H and O–H groups in total. The molecule has 1 aliphatic rings. The van der Waals surface area contributed by atoms with E-state index >= 15 is 0 Å². The van der Waals surface area contributed by atoms with Crippen LogP contribution in [0.25, 0.3) is 0 Å². The minimum atomic E-state index is -0.384. The van der Waals surface area contributed by atoms with Gasteiger partial charge < -0.3 is 15.4 Å². The number of halogens is 1. The highest BCUT2D eigenvalue weighted by Crippen LogP contribution is 2.23. The molecule has 1 aromatic rings. The molecule has 0 aromatic heterocycles. The summed E-state index contributed by atoms with van der Waals surface area (Å²) in [5.74, 6) is -0.0852. The van der Waals surface area contributed by atoms with Gasteiger partial charge in [-0.2, -0.15) is 0 Å². The van der Waals surface area contributed by atoms with Crippen molar-refractivity contribution in [3.8, 4) is 5.75 Å². The highest BCUT2D eigenvalue weighted by molar-refractivity contribution is 5.77. The molecule has 1 aliphatic heterocycles. The number of anilines is 1. The Morgan fingerprint density at radius 3 is 3.11 bits per heavy atom. The summed E-state index contributed by atoms with van der Waals surface area (Å²) >= 11 is 0. The molecule has 1 heterocycles. The molecule has 1 atom stereocenters. The quantitative estimate of drug-likeness (QED) is 0.879. The van der Waals surface area contributed by atoms with Crippen molar-refractivity contribution in [3.05, 3.63) is 24.0 Å². The monoisotopic (exact) mass is 266 g/mol. The predicted octanol–water partition coefficient (Wildman–Crippen LogP) is 2.31. The lowest BCUT2D eigenvalue weighted by Crippen LogP contribution is -2.26. The van der Waals surface area contributed by atoms with Crippen molar-refractivity contribution in [2.75, 3.05) is 18.5 Å². The van der Waals surface area contributed by atoms with E-state index < -0.39 is 0 Å². The van der Waals surface area contributed by atoms with Gasteiger partial charge in [-0.25, -0.2) is 4.39 Å². The third kappa shape index (κ3) is 3.84. The number of ether oxygens (including phenoxy) is 1. The Labute approximate surface area is 112 Å². The van der Waals surface area contributed by atoms with Gasteiger partial charge in [0.1, 0.15) is 0 Å². The van der Waals surface area contributed by atoms with Crippen molar-refractivity contribution in [2.24, 2.45) is 0 Å². The average Bonchev–Trinajstić information content (AvgIpc) is 2.57. The SMILES string of the molecule is CCOc1ccc(NC2CCCNC(=O)C2)cc1F. The van der Waals surface area contributed by atoms with Crippen LogP contribution < -0.4 is 15.4 Å². The topological polar surface area (TPSA) is 50.4 Å². The molecule has 0 saturated carbocycles. The van der Waals surface area contributed by atoms with E-state index in [1.165, 1.54) is 6.07 Å². The van der Waals surface area contributed by atoms with E-state index in [1.807, 2.05) is 6.92 Å². The van der Waals surface area contributed by atoms with E-state index in [4.69, 9.17) is 4.74 Å². The largest absolute Gasteiger partial charge is 0.491 e. The van der Waals surface area contributed by atoms with Gasteiger partial charge in [-0.1, -0.05) is 0 Å². The van der Waals surface area contributed by atoms with Gasteiger partial charge >= 0.3 is 0 Å². The van der Waals surface area contributed by atoms with Crippen molar-refractivity contribution < 1.29 is 13.9 Å². The van der Waals surface area contributed by atoms with Crippen LogP contribution in [0.5, 0.6) is 5.75 Å². The zero-order valence-corrected chi connectivity index (χ0v) is 11.0. The first kappa shape index (κ1) is 13.6. The van der Waals surface area contributed by atoms with Crippen LogP contribution in [0, 0.1) is 5.82 Å². The van der Waals surface area contributed by atoms with Gasteiger partial charge in [0.15, 0.2) is 11.6 Å². The number of nitrogens with one attached hydrogen (secondary N) is 2. The highest BCUT2D eigenvalue weighted by Gasteiger charge is 2.17. The molecule has 1 fully saturated rings. The summed E-state index contributed by atoms with van der Waals surface area (Å²) in [6.45, 7) is 2.97. The first-order valence-corrected chi connectivity index (χ1v) is 6.64. The second kappa shape index (κ2) is 6.41. The molecule has 1 saturated heterocycles. The van der Waals surface area contributed by atoms with Crippen LogP contribution in [-0.2, 0) is 4.79 Å². The van der Waals surface area contributed by atoms with Gasteiger partial charge in [0.2, 0.25) is 5.91 Å². The van der Waals surface area contributed by atoms with Crippen LogP contribution in [0.4, 0.5) is 10.1 Å². The van der Waals surface area contributed by atoms with E-state index in [0.29, 0.717) is 25.3 Å². The summed E-state index contributed by atoms with van der Waals surface area (Å²) in [7, 11) is 0. The van der Waals surface area contributed by atoms with Gasteiger partial charge in [0, 0.05) is 30.8 Å². The Hall–Kier alpha value is -1.78. The van der Waals surface area contributed by atoms with Crippen molar-refractivity contribution in [2.45, 2.75) is 32.2 Å². The van der Waals surface area contributed by atoms with Crippen LogP contribution in [0.2, 0.25) is 0 Å². The number of rotatable bonds is 4. The standard InChI is InChI=1S/C14H19FN2O2/c1-2-19-13-6-5-11(8-12(13)15)17-10-4-3-7-16-14(18)9-10/h5-6,8,10,17H,2-4,7,9H2,1H3,(H,16,18). The van der Waals surface area contributed by atoms with Gasteiger partial charge in [-0.3, -0.25) is 4.79 Å². The summed E-state index contributed by atoms with van der Waals surface area (Å²) in [4.78, 5) is 11.4. The maximum atomic E-state index is 13.7. The summed E-state index contributed by atoms with van der Waals surface area (Å²) in [5, 5.41) is 6.03. The fourth-order valence-corrected chi connectivity index (χ4v) is 2.20. The van der Waals surface area contributed by atoms with Gasteiger partial charge in [-0.15, -0.1) is 0 Å². The normalized spacial score (nSPS) is 19.5. The number of benzene rings is 1. The molecule has 4 nitrogen and oxygen atoms in total. The maximum Gasteiger partial charge on any atom is 0.222 e. The number of carbonyl (C=O) groups excluding carboxylic acids is 1. The fourth-order valence-electron chi connectivity index (χ4n) is 2.20. The number of hydrogen-bond acceptors (Lipinski definition) is 3. The molecular weight excluding hydrogens is 247 g/mol. The Bertz CT molecular complexity index is 451. The van der Waals surface area contributed by atoms with Gasteiger partial charge in [0.05, 0.1) is 6.61 Å². The number of hydrogen-bond donors (Lipinski definition) is 2. The summed E-state index contributed by atoms with van der Waals surface area (Å²) in [5.41, 5.74) is 0.681. The Kier molecular flexibility index (Phi) is 4.60. The highest BCUT2D eigenvalue weighted by atomic mass is 19.1. The van der Waals surface area contributed by atoms with E-state index in [-0.39, 0.29) is 23.5 Å². The molecule has 0 aliphatic carbocycles. The summed E-state index contributed by atoms with van der Waals surface area (Å²) in [6.07, 6.45) is 2.26. The molecule has 1 unspecified atom stereocenters. The van der Waals surface area contributed by atoms with Crippen molar-refractivity contribution in [1.82, 2.24) is 5.32 Å². The molecule has 1 amide bonds. The fraction of sp³-hybridized carbons (Fsp3) is 0.500. The van der Waals surface area contributed by atoms with Crippen LogP contribution in [0.1, 0.15) is 26.2 Å². The van der Waals surface area contributed by atoms with E-state index in [0.717, 1.165) is 12.8 Å². The summed E-state index contributed by atoms with van der Waals surface area (Å²) in [6, 6.07) is 4.85. The zero-order valence-electron chi connectivity index (χ0n) is 11.0. The lowest BCUT2D eigenvalue weighted by molar-refractivity contribution is -0.120. The Morgan fingerprint density at radius 2 is 2.37 bits per heavy atom. The molecule has 1 aromatic carbocycles. The Balaban J connectivity index is 2.02. The van der Waals surface area contributed by atoms with Crippen molar-refractivity contribution in [1.29, 1.82) is 0 Å². The minimum absolute atomic E-state index is 0.0430. The third-order valence-corrected chi connectivity index (χ3v) is 3.09. The molecule has 2 rings (SSSR count). The number of carbonyl (C=O) groups is 1. The van der Waals surface area contributed by atoms with E-state index in [2.05, 4.69) is 10.6 Å². The molecule has 19 heavy (non-hydrogen) atoms. The number of amides is 1. The van der Waals surface area contributed by atoms with E-state index in [9.17, 15) is 9.18 Å². The zero-order chi connectivity index (χ0) is 13.7. The van der Waals surface area contributed by atoms with Crippen molar-refractivity contribution >= 4 is 11.6 Å². The second-order valence-electron chi connectivity index (χ2n) is 4.62. The molecule has 5 heteroatoms. The molecule has 0 bridgehead atoms. The first-order valence-electron chi connectivity index (χ1n) is 6.64. The minimum Gasteiger partial charge on any atom is -0.491 e. The van der Waals surface area contributed by atoms with Gasteiger partial charge in [0.25, 0.3) is 0 Å². The van der Waals surface area contributed by atoms with Crippen LogP contribution in [-0.4, -0.2) is 25.1 Å². The molecular formula is C14H19FN2O2. The van der Waals surface area contributed by atoms with Gasteiger partial charge in [-0.05, 0) is 31.9 Å².